The van der Waals surface area contributed by atoms with E-state index in [2.05, 4.69) is 30.7 Å². The number of hydrogen-bond donors (Lipinski definition) is 3. The zero-order valence-corrected chi connectivity index (χ0v) is 20.9. The van der Waals surface area contributed by atoms with Gasteiger partial charge in [0.1, 0.15) is 33.5 Å². The molecule has 3 aromatic heterocycles. The van der Waals surface area contributed by atoms with Crippen molar-refractivity contribution < 1.29 is 19.2 Å². The Morgan fingerprint density at radius 2 is 1.91 bits per heavy atom. The van der Waals surface area contributed by atoms with Gasteiger partial charge in [0, 0.05) is 30.6 Å². The summed E-state index contributed by atoms with van der Waals surface area (Å²) in [6.07, 6.45) is 3.86. The summed E-state index contributed by atoms with van der Waals surface area (Å²) >= 11 is 1.18. The molecule has 12 heteroatoms. The first-order valence-electron chi connectivity index (χ1n) is 11.4. The van der Waals surface area contributed by atoms with Crippen molar-refractivity contribution in [1.29, 1.82) is 0 Å². The van der Waals surface area contributed by atoms with Crippen molar-refractivity contribution in [1.82, 2.24) is 25.4 Å². The predicted octanol–water partition coefficient (Wildman–Crippen LogP) is 2.92. The van der Waals surface area contributed by atoms with Crippen LogP contribution in [-0.4, -0.2) is 56.2 Å². The van der Waals surface area contributed by atoms with E-state index in [0.717, 1.165) is 0 Å². The molecule has 0 spiro atoms. The van der Waals surface area contributed by atoms with E-state index in [1.807, 2.05) is 25.7 Å². The average molecular weight is 500 g/mol. The Kier molecular flexibility index (Phi) is 7.13. The summed E-state index contributed by atoms with van der Waals surface area (Å²) < 4.78 is 5.30. The van der Waals surface area contributed by atoms with E-state index in [-0.39, 0.29) is 29.0 Å². The van der Waals surface area contributed by atoms with E-state index in [1.54, 1.807) is 19.1 Å². The van der Waals surface area contributed by atoms with Crippen molar-refractivity contribution in [2.75, 3.05) is 23.3 Å². The molecule has 1 aliphatic heterocycles. The first-order valence-corrected chi connectivity index (χ1v) is 12.2. The van der Waals surface area contributed by atoms with Crippen molar-refractivity contribution >= 4 is 34.8 Å². The molecule has 1 fully saturated rings. The number of aromatic nitrogens is 4. The predicted molar refractivity (Wildman–Crippen MR) is 131 cm³/mol. The second-order valence-electron chi connectivity index (χ2n) is 9.52. The Morgan fingerprint density at radius 3 is 2.60 bits per heavy atom. The van der Waals surface area contributed by atoms with Crippen molar-refractivity contribution in [3.05, 3.63) is 46.0 Å². The highest BCUT2D eigenvalue weighted by molar-refractivity contribution is 7.13. The number of aliphatic hydroxyl groups excluding tert-OH is 1. The molecular weight excluding hydrogens is 470 g/mol. The molecular formula is C23H29N7O4S. The number of anilines is 2. The number of carbonyl (C=O) groups excluding carboxylic acids is 2. The largest absolute Gasteiger partial charge is 0.393 e. The fourth-order valence-electron chi connectivity index (χ4n) is 3.53. The van der Waals surface area contributed by atoms with Crippen molar-refractivity contribution in [2.24, 2.45) is 0 Å². The highest BCUT2D eigenvalue weighted by atomic mass is 32.1. The van der Waals surface area contributed by atoms with Gasteiger partial charge in [-0.15, -0.1) is 11.3 Å². The molecule has 4 rings (SSSR count). The maximum absolute atomic E-state index is 12.8. The monoisotopic (exact) mass is 499 g/mol. The molecule has 0 aromatic carbocycles. The van der Waals surface area contributed by atoms with Gasteiger partial charge < -0.3 is 25.2 Å². The maximum atomic E-state index is 12.8. The number of amides is 2. The molecule has 1 saturated heterocycles. The number of nitrogens with zero attached hydrogens (tertiary/aromatic N) is 5. The summed E-state index contributed by atoms with van der Waals surface area (Å²) in [6.45, 7) is 9.11. The number of nitrogens with one attached hydrogen (secondary N) is 2. The van der Waals surface area contributed by atoms with Crippen molar-refractivity contribution in [3.63, 3.8) is 0 Å². The minimum Gasteiger partial charge on any atom is -0.393 e. The van der Waals surface area contributed by atoms with E-state index >= 15 is 0 Å². The van der Waals surface area contributed by atoms with Crippen LogP contribution in [0.1, 0.15) is 77.5 Å². The topological polar surface area (TPSA) is 146 Å². The maximum Gasteiger partial charge on any atom is 0.270 e. The summed E-state index contributed by atoms with van der Waals surface area (Å²) in [4.78, 5) is 40.5. The summed E-state index contributed by atoms with van der Waals surface area (Å²) in [7, 11) is 0. The molecule has 3 aromatic rings. The highest BCUT2D eigenvalue weighted by Gasteiger charge is 2.23. The van der Waals surface area contributed by atoms with Gasteiger partial charge in [0.05, 0.1) is 18.3 Å². The minimum atomic E-state index is -0.433. The van der Waals surface area contributed by atoms with Gasteiger partial charge in [-0.1, -0.05) is 25.9 Å². The molecule has 4 heterocycles. The van der Waals surface area contributed by atoms with Gasteiger partial charge in [0.15, 0.2) is 5.82 Å². The lowest BCUT2D eigenvalue weighted by Gasteiger charge is -2.30. The number of thiazole rings is 1. The number of carbonyl (C=O) groups is 2. The van der Waals surface area contributed by atoms with Gasteiger partial charge in [-0.3, -0.25) is 9.59 Å². The summed E-state index contributed by atoms with van der Waals surface area (Å²) in [5.74, 6) is 0.934. The standard InChI is InChI=1S/C23H29N7O4S/c1-13(27-20(32)15-9-19(26-12-25-15)30-7-5-14(31)6-8-30)22-24-11-16(35-22)21(33)28-18-10-17(34-29-18)23(2,3)4/h9-14,31H,5-8H2,1-4H3,(H,27,32)(H,28,29,33). The van der Waals surface area contributed by atoms with Crippen LogP contribution < -0.4 is 15.5 Å². The lowest BCUT2D eigenvalue weighted by atomic mass is 9.93. The Balaban J connectivity index is 1.37. The molecule has 35 heavy (non-hydrogen) atoms. The molecule has 2 amide bonds. The van der Waals surface area contributed by atoms with Crippen LogP contribution in [0.15, 0.2) is 29.2 Å². The van der Waals surface area contributed by atoms with Crippen molar-refractivity contribution in [2.45, 2.75) is 58.1 Å². The Hall–Kier alpha value is -3.38. The van der Waals surface area contributed by atoms with Crippen LogP contribution in [0.4, 0.5) is 11.6 Å². The van der Waals surface area contributed by atoms with E-state index in [9.17, 15) is 14.7 Å². The fraction of sp³-hybridized carbons (Fsp3) is 0.478. The Bertz CT molecular complexity index is 1190. The summed E-state index contributed by atoms with van der Waals surface area (Å²) in [5, 5.41) is 19.8. The van der Waals surface area contributed by atoms with Crippen LogP contribution in [0.2, 0.25) is 0 Å². The normalized spacial score (nSPS) is 15.6. The van der Waals surface area contributed by atoms with Crippen LogP contribution >= 0.6 is 11.3 Å². The molecule has 1 aliphatic rings. The molecule has 1 unspecified atom stereocenters. The molecule has 0 radical (unpaired) electrons. The van der Waals surface area contributed by atoms with Gasteiger partial charge in [0.25, 0.3) is 11.8 Å². The van der Waals surface area contributed by atoms with E-state index in [0.29, 0.717) is 53.2 Å². The Morgan fingerprint density at radius 1 is 1.17 bits per heavy atom. The fourth-order valence-corrected chi connectivity index (χ4v) is 4.35. The van der Waals surface area contributed by atoms with Gasteiger partial charge >= 0.3 is 0 Å². The lowest BCUT2D eigenvalue weighted by molar-refractivity contribution is 0.0933. The van der Waals surface area contributed by atoms with Crippen LogP contribution in [-0.2, 0) is 5.41 Å². The number of hydrogen-bond acceptors (Lipinski definition) is 10. The zero-order valence-electron chi connectivity index (χ0n) is 20.1. The van der Waals surface area contributed by atoms with E-state index < -0.39 is 6.04 Å². The van der Waals surface area contributed by atoms with Crippen molar-refractivity contribution in [3.8, 4) is 0 Å². The van der Waals surface area contributed by atoms with Gasteiger partial charge in [-0.25, -0.2) is 15.0 Å². The number of aliphatic hydroxyl groups is 1. The third-order valence-corrected chi connectivity index (χ3v) is 6.81. The SMILES string of the molecule is CC(NC(=O)c1cc(N2CCC(O)CC2)ncn1)c1ncc(C(=O)Nc2cc(C(C)(C)C)on2)s1. The average Bonchev–Trinajstić information content (AvgIpc) is 3.50. The minimum absolute atomic E-state index is 0.220. The number of rotatable bonds is 6. The van der Waals surface area contributed by atoms with E-state index in [4.69, 9.17) is 4.52 Å². The van der Waals surface area contributed by atoms with Gasteiger partial charge in [-0.05, 0) is 19.8 Å². The molecule has 0 bridgehead atoms. The molecule has 1 atom stereocenters. The Labute approximate surface area is 207 Å². The van der Waals surface area contributed by atoms with E-state index in [1.165, 1.54) is 23.9 Å². The number of piperidine rings is 1. The van der Waals surface area contributed by atoms with Gasteiger partial charge in [0.2, 0.25) is 0 Å². The van der Waals surface area contributed by atoms with Gasteiger partial charge in [-0.2, -0.15) is 0 Å². The molecule has 11 nitrogen and oxygen atoms in total. The smallest absolute Gasteiger partial charge is 0.270 e. The second-order valence-corrected chi connectivity index (χ2v) is 10.6. The van der Waals surface area contributed by atoms with Crippen LogP contribution in [0.3, 0.4) is 0 Å². The lowest BCUT2D eigenvalue weighted by Crippen LogP contribution is -2.36. The van der Waals surface area contributed by atoms with Crippen LogP contribution in [0, 0.1) is 0 Å². The zero-order chi connectivity index (χ0) is 25.2. The quantitative estimate of drug-likeness (QED) is 0.466. The second kappa shape index (κ2) is 10.1. The van der Waals surface area contributed by atoms with Crippen LogP contribution in [0.25, 0.3) is 0 Å². The van der Waals surface area contributed by atoms with Crippen LogP contribution in [0.5, 0.6) is 0 Å². The third kappa shape index (κ3) is 6.01. The first kappa shape index (κ1) is 24.7. The summed E-state index contributed by atoms with van der Waals surface area (Å²) in [5.41, 5.74) is 0.0188. The highest BCUT2D eigenvalue weighted by Crippen LogP contribution is 2.26. The molecule has 3 N–H and O–H groups in total. The molecule has 186 valence electrons. The third-order valence-electron chi connectivity index (χ3n) is 5.63. The molecule has 0 aliphatic carbocycles. The summed E-state index contributed by atoms with van der Waals surface area (Å²) in [6, 6.07) is 2.91. The first-order chi connectivity index (χ1) is 16.6. The molecule has 0 saturated carbocycles.